The molecule has 0 aliphatic carbocycles. The summed E-state index contributed by atoms with van der Waals surface area (Å²) in [6.07, 6.45) is 1.33. The first-order valence-electron chi connectivity index (χ1n) is 5.75. The first-order chi connectivity index (χ1) is 9.66. The monoisotopic (exact) mass is 442 g/mol. The van der Waals surface area contributed by atoms with Crippen LogP contribution in [-0.2, 0) is 0 Å². The van der Waals surface area contributed by atoms with E-state index in [9.17, 15) is 4.79 Å². The van der Waals surface area contributed by atoms with E-state index < -0.39 is 0 Å². The van der Waals surface area contributed by atoms with Crippen LogP contribution in [0.4, 0.5) is 0 Å². The van der Waals surface area contributed by atoms with E-state index in [-0.39, 0.29) is 5.56 Å². The number of nitrogens with one attached hydrogen (secondary N) is 1. The summed E-state index contributed by atoms with van der Waals surface area (Å²) >= 11 is 5.46. The molecule has 20 heavy (non-hydrogen) atoms. The van der Waals surface area contributed by atoms with Gasteiger partial charge in [-0.15, -0.1) is 0 Å². The second kappa shape index (κ2) is 5.53. The third kappa shape index (κ3) is 2.45. The zero-order valence-electron chi connectivity index (χ0n) is 10.1. The third-order valence-electron chi connectivity index (χ3n) is 2.80. The molecule has 0 atom stereocenters. The van der Waals surface area contributed by atoms with Crippen molar-refractivity contribution in [3.8, 4) is 11.6 Å². The van der Waals surface area contributed by atoms with E-state index in [0.717, 1.165) is 15.2 Å². The molecule has 0 aliphatic rings. The van der Waals surface area contributed by atoms with E-state index >= 15 is 0 Å². The lowest BCUT2D eigenvalue weighted by Gasteiger charge is -2.09. The van der Waals surface area contributed by atoms with E-state index in [1.54, 1.807) is 0 Å². The van der Waals surface area contributed by atoms with E-state index in [0.29, 0.717) is 15.2 Å². The van der Waals surface area contributed by atoms with Gasteiger partial charge < -0.3 is 9.72 Å². The van der Waals surface area contributed by atoms with E-state index in [1.165, 1.54) is 6.33 Å². The van der Waals surface area contributed by atoms with Crippen LogP contribution in [0.25, 0.3) is 10.8 Å². The number of halogens is 2. The number of H-pyrrole nitrogens is 1. The Morgan fingerprint density at radius 2 is 2.00 bits per heavy atom. The Labute approximate surface area is 136 Å². The Balaban J connectivity index is 2.09. The summed E-state index contributed by atoms with van der Waals surface area (Å²) in [5.74, 6) is 0.921. The largest absolute Gasteiger partial charge is 0.436 e. The first-order valence-corrected chi connectivity index (χ1v) is 7.62. The molecule has 0 amide bonds. The van der Waals surface area contributed by atoms with Crippen molar-refractivity contribution in [3.63, 3.8) is 0 Å². The molecule has 0 aliphatic heterocycles. The van der Waals surface area contributed by atoms with Gasteiger partial charge in [0.1, 0.15) is 9.32 Å². The predicted molar refractivity (Wildman–Crippen MR) is 89.3 cm³/mol. The molecule has 0 spiro atoms. The van der Waals surface area contributed by atoms with Crippen LogP contribution in [-0.4, -0.2) is 9.97 Å². The van der Waals surface area contributed by atoms with Crippen molar-refractivity contribution in [1.29, 1.82) is 0 Å². The fourth-order valence-corrected chi connectivity index (χ4v) is 2.81. The van der Waals surface area contributed by atoms with Gasteiger partial charge in [0, 0.05) is 0 Å². The van der Waals surface area contributed by atoms with E-state index in [2.05, 4.69) is 25.9 Å². The van der Waals surface area contributed by atoms with E-state index in [1.807, 2.05) is 59.0 Å². The van der Waals surface area contributed by atoms with Crippen LogP contribution in [0.15, 0.2) is 52.0 Å². The maximum atomic E-state index is 11.5. The summed E-state index contributed by atoms with van der Waals surface area (Å²) in [4.78, 5) is 18.1. The minimum Gasteiger partial charge on any atom is -0.436 e. The van der Waals surface area contributed by atoms with Crippen LogP contribution in [0, 0.1) is 3.57 Å². The highest BCUT2D eigenvalue weighted by atomic mass is 127. The molecule has 0 radical (unpaired) electrons. The summed E-state index contributed by atoms with van der Waals surface area (Å²) in [6, 6.07) is 11.8. The van der Waals surface area contributed by atoms with Gasteiger partial charge in [-0.2, -0.15) is 0 Å². The van der Waals surface area contributed by atoms with Gasteiger partial charge >= 0.3 is 0 Å². The van der Waals surface area contributed by atoms with Gasteiger partial charge in [-0.05, 0) is 55.4 Å². The lowest BCUT2D eigenvalue weighted by atomic mass is 10.1. The molecule has 0 saturated carbocycles. The lowest BCUT2D eigenvalue weighted by Crippen LogP contribution is -2.11. The summed E-state index contributed by atoms with van der Waals surface area (Å²) in [6.45, 7) is 0. The van der Waals surface area contributed by atoms with Crippen molar-refractivity contribution in [2.75, 3.05) is 0 Å². The smallest absolute Gasteiger partial charge is 0.268 e. The SMILES string of the molecule is O=c1[nH]cnc(Oc2ccc3ccccc3c2Br)c1I. The van der Waals surface area contributed by atoms with Crippen LogP contribution in [0.2, 0.25) is 0 Å². The molecule has 3 aromatic rings. The molecule has 1 N–H and O–H groups in total. The number of nitrogens with zero attached hydrogens (tertiary/aromatic N) is 1. The standard InChI is InChI=1S/C14H8BrIN2O2/c15-11-9-4-2-1-3-8(9)5-6-10(11)20-14-12(16)13(19)17-7-18-14/h1-7H,(H,17,18,19). The Kier molecular flexibility index (Phi) is 3.75. The van der Waals surface area contributed by atoms with Gasteiger partial charge in [-0.1, -0.05) is 30.3 Å². The molecule has 0 saturated heterocycles. The molecule has 3 rings (SSSR count). The molecular weight excluding hydrogens is 435 g/mol. The number of fused-ring (bicyclic) bond motifs is 1. The van der Waals surface area contributed by atoms with Gasteiger partial charge in [0.15, 0.2) is 0 Å². The zero-order valence-corrected chi connectivity index (χ0v) is 13.8. The summed E-state index contributed by atoms with van der Waals surface area (Å²) in [5.41, 5.74) is -0.215. The van der Waals surface area contributed by atoms with Gasteiger partial charge in [-0.25, -0.2) is 4.98 Å². The third-order valence-corrected chi connectivity index (χ3v) is 4.57. The maximum absolute atomic E-state index is 11.5. The molecule has 100 valence electrons. The molecule has 4 nitrogen and oxygen atoms in total. The highest BCUT2D eigenvalue weighted by Gasteiger charge is 2.11. The fourth-order valence-electron chi connectivity index (χ4n) is 1.83. The summed E-state index contributed by atoms with van der Waals surface area (Å²) < 4.78 is 7.01. The normalized spacial score (nSPS) is 10.7. The molecule has 0 unspecified atom stereocenters. The number of ether oxygens (including phenoxy) is 1. The van der Waals surface area contributed by atoms with Gasteiger partial charge in [-0.3, -0.25) is 4.79 Å². The molecule has 0 fully saturated rings. The number of benzene rings is 2. The second-order valence-electron chi connectivity index (χ2n) is 4.05. The molecule has 1 heterocycles. The number of hydrogen-bond donors (Lipinski definition) is 1. The quantitative estimate of drug-likeness (QED) is 0.608. The van der Waals surface area contributed by atoms with Crippen LogP contribution < -0.4 is 10.3 Å². The Hall–Kier alpha value is -1.41. The molecular formula is C14H8BrIN2O2. The van der Waals surface area contributed by atoms with Crippen LogP contribution >= 0.6 is 38.5 Å². The zero-order chi connectivity index (χ0) is 14.1. The van der Waals surface area contributed by atoms with Crippen molar-refractivity contribution in [2.24, 2.45) is 0 Å². The van der Waals surface area contributed by atoms with E-state index in [4.69, 9.17) is 4.74 Å². The highest BCUT2D eigenvalue weighted by Crippen LogP contribution is 2.35. The predicted octanol–water partition coefficient (Wildman–Crippen LogP) is 4.08. The second-order valence-corrected chi connectivity index (χ2v) is 5.92. The summed E-state index contributed by atoms with van der Waals surface area (Å²) in [5, 5.41) is 2.16. The minimum absolute atomic E-state index is 0.215. The Morgan fingerprint density at radius 3 is 2.85 bits per heavy atom. The van der Waals surface area contributed by atoms with Crippen molar-refractivity contribution in [3.05, 3.63) is 61.1 Å². The maximum Gasteiger partial charge on any atom is 0.268 e. The average molecular weight is 443 g/mol. The van der Waals surface area contributed by atoms with Crippen molar-refractivity contribution >= 4 is 49.3 Å². The van der Waals surface area contributed by atoms with Crippen LogP contribution in [0.5, 0.6) is 11.6 Å². The molecule has 0 bridgehead atoms. The minimum atomic E-state index is -0.215. The van der Waals surface area contributed by atoms with Crippen molar-refractivity contribution < 1.29 is 4.74 Å². The average Bonchev–Trinajstić information content (AvgIpc) is 2.47. The number of rotatable bonds is 2. The van der Waals surface area contributed by atoms with Gasteiger partial charge in [0.2, 0.25) is 5.88 Å². The van der Waals surface area contributed by atoms with Crippen LogP contribution in [0.3, 0.4) is 0 Å². The molecule has 2 aromatic carbocycles. The first kappa shape index (κ1) is 13.6. The van der Waals surface area contributed by atoms with Gasteiger partial charge in [0.05, 0.1) is 10.8 Å². The van der Waals surface area contributed by atoms with Gasteiger partial charge in [0.25, 0.3) is 5.56 Å². The number of aromatic amines is 1. The van der Waals surface area contributed by atoms with Crippen molar-refractivity contribution in [2.45, 2.75) is 0 Å². The van der Waals surface area contributed by atoms with Crippen LogP contribution in [0.1, 0.15) is 0 Å². The summed E-state index contributed by atoms with van der Waals surface area (Å²) in [7, 11) is 0. The Bertz CT molecular complexity index is 848. The topological polar surface area (TPSA) is 55.0 Å². The molecule has 1 aromatic heterocycles. The fraction of sp³-hybridized carbons (Fsp3) is 0. The number of hydrogen-bond acceptors (Lipinski definition) is 3. The Morgan fingerprint density at radius 1 is 1.20 bits per heavy atom. The number of aromatic nitrogens is 2. The van der Waals surface area contributed by atoms with Crippen molar-refractivity contribution in [1.82, 2.24) is 9.97 Å². The lowest BCUT2D eigenvalue weighted by molar-refractivity contribution is 0.454. The molecule has 6 heteroatoms. The highest BCUT2D eigenvalue weighted by molar-refractivity contribution is 14.1.